The molecule has 2 aliphatic carbocycles. The molecule has 2 aliphatic rings. The molecule has 0 spiro atoms. The Balaban J connectivity index is 1.77. The summed E-state index contributed by atoms with van der Waals surface area (Å²) in [4.78, 5) is 0. The molecule has 1 aromatic carbocycles. The van der Waals surface area contributed by atoms with Crippen molar-refractivity contribution in [1.82, 2.24) is 0 Å². The Kier molecular flexibility index (Phi) is 3.49. The van der Waals surface area contributed by atoms with Crippen molar-refractivity contribution in [1.29, 1.82) is 0 Å². The zero-order chi connectivity index (χ0) is 11.5. The zero-order valence-corrected chi connectivity index (χ0v) is 10.8. The summed E-state index contributed by atoms with van der Waals surface area (Å²) < 4.78 is 0. The Hall–Kier alpha value is -0.780. The van der Waals surface area contributed by atoms with Gasteiger partial charge < -0.3 is 0 Å². The molecule has 0 N–H and O–H groups in total. The molecule has 2 fully saturated rings. The van der Waals surface area contributed by atoms with Crippen molar-refractivity contribution in [3.8, 4) is 0 Å². The Morgan fingerprint density at radius 3 is 1.65 bits per heavy atom. The van der Waals surface area contributed by atoms with Gasteiger partial charge in [0, 0.05) is 0 Å². The van der Waals surface area contributed by atoms with Gasteiger partial charge >= 0.3 is 0 Å². The SMILES string of the molecule is c1cc(C2CCCCC2)cc(C2CCCC2)c1. The lowest BCUT2D eigenvalue weighted by atomic mass is 9.82. The molecule has 17 heavy (non-hydrogen) atoms. The Morgan fingerprint density at radius 1 is 0.647 bits per heavy atom. The van der Waals surface area contributed by atoms with Crippen LogP contribution in [0.3, 0.4) is 0 Å². The van der Waals surface area contributed by atoms with E-state index in [-0.39, 0.29) is 0 Å². The molecule has 92 valence electrons. The molecule has 0 unspecified atom stereocenters. The van der Waals surface area contributed by atoms with E-state index in [2.05, 4.69) is 24.3 Å². The summed E-state index contributed by atoms with van der Waals surface area (Å²) in [7, 11) is 0. The molecule has 1 aromatic rings. The van der Waals surface area contributed by atoms with Gasteiger partial charge in [0.25, 0.3) is 0 Å². The molecule has 0 heterocycles. The highest BCUT2D eigenvalue weighted by atomic mass is 14.2. The van der Waals surface area contributed by atoms with Crippen molar-refractivity contribution in [2.45, 2.75) is 69.6 Å². The zero-order valence-electron chi connectivity index (χ0n) is 10.8. The van der Waals surface area contributed by atoms with Crippen molar-refractivity contribution >= 4 is 0 Å². The monoisotopic (exact) mass is 228 g/mol. The van der Waals surface area contributed by atoms with Gasteiger partial charge in [-0.15, -0.1) is 0 Å². The van der Waals surface area contributed by atoms with Crippen LogP contribution in [0.25, 0.3) is 0 Å². The quantitative estimate of drug-likeness (QED) is 0.636. The van der Waals surface area contributed by atoms with Gasteiger partial charge in [-0.2, -0.15) is 0 Å². The first kappa shape index (κ1) is 11.3. The highest BCUT2D eigenvalue weighted by Gasteiger charge is 2.19. The lowest BCUT2D eigenvalue weighted by molar-refractivity contribution is 0.443. The van der Waals surface area contributed by atoms with Crippen LogP contribution in [-0.4, -0.2) is 0 Å². The number of rotatable bonds is 2. The standard InChI is InChI=1S/C17H24/c1-2-7-14(8-3-1)16-11-6-12-17(13-16)15-9-4-5-10-15/h6,11-15H,1-5,7-10H2. The largest absolute Gasteiger partial charge is 0.0617 e. The van der Waals surface area contributed by atoms with Gasteiger partial charge in [-0.05, 0) is 48.6 Å². The summed E-state index contributed by atoms with van der Waals surface area (Å²) in [6, 6.07) is 9.57. The van der Waals surface area contributed by atoms with Gasteiger partial charge in [-0.3, -0.25) is 0 Å². The predicted molar refractivity (Wildman–Crippen MR) is 73.5 cm³/mol. The van der Waals surface area contributed by atoms with Crippen LogP contribution in [0, 0.1) is 0 Å². The second-order valence-corrected chi connectivity index (χ2v) is 5.99. The minimum atomic E-state index is 0.866. The molecule has 0 nitrogen and oxygen atoms in total. The van der Waals surface area contributed by atoms with E-state index in [9.17, 15) is 0 Å². The molecule has 3 rings (SSSR count). The summed E-state index contributed by atoms with van der Waals surface area (Å²) >= 11 is 0. The highest BCUT2D eigenvalue weighted by Crippen LogP contribution is 2.37. The number of benzene rings is 1. The van der Waals surface area contributed by atoms with Gasteiger partial charge in [0.05, 0.1) is 0 Å². The summed E-state index contributed by atoms with van der Waals surface area (Å²) in [5, 5.41) is 0. The Bertz CT molecular complexity index is 354. The summed E-state index contributed by atoms with van der Waals surface area (Å²) in [6.45, 7) is 0. The minimum Gasteiger partial charge on any atom is -0.0617 e. The van der Waals surface area contributed by atoms with Gasteiger partial charge in [0.1, 0.15) is 0 Å². The number of hydrogen-bond acceptors (Lipinski definition) is 0. The molecule has 2 saturated carbocycles. The van der Waals surface area contributed by atoms with Crippen LogP contribution >= 0.6 is 0 Å². The van der Waals surface area contributed by atoms with Gasteiger partial charge in [-0.1, -0.05) is 56.4 Å². The maximum absolute atomic E-state index is 2.53. The fourth-order valence-corrected chi connectivity index (χ4v) is 3.76. The van der Waals surface area contributed by atoms with Crippen LogP contribution in [0.4, 0.5) is 0 Å². The topological polar surface area (TPSA) is 0 Å². The molecule has 0 atom stereocenters. The van der Waals surface area contributed by atoms with E-state index in [4.69, 9.17) is 0 Å². The first-order valence-electron chi connectivity index (χ1n) is 7.53. The minimum absolute atomic E-state index is 0.866. The van der Waals surface area contributed by atoms with E-state index in [0.29, 0.717) is 0 Å². The summed E-state index contributed by atoms with van der Waals surface area (Å²) in [6.07, 6.45) is 12.9. The molecule has 0 saturated heterocycles. The van der Waals surface area contributed by atoms with Crippen molar-refractivity contribution in [3.63, 3.8) is 0 Å². The molecular weight excluding hydrogens is 204 g/mol. The van der Waals surface area contributed by atoms with Crippen molar-refractivity contribution in [2.24, 2.45) is 0 Å². The first-order chi connectivity index (χ1) is 8.43. The summed E-state index contributed by atoms with van der Waals surface area (Å²) in [5.41, 5.74) is 3.26. The van der Waals surface area contributed by atoms with Gasteiger partial charge in [0.15, 0.2) is 0 Å². The average Bonchev–Trinajstić information content (AvgIpc) is 2.94. The van der Waals surface area contributed by atoms with E-state index < -0.39 is 0 Å². The fourth-order valence-electron chi connectivity index (χ4n) is 3.76. The molecule has 0 aliphatic heterocycles. The van der Waals surface area contributed by atoms with Gasteiger partial charge in [0.2, 0.25) is 0 Å². The van der Waals surface area contributed by atoms with E-state index in [0.717, 1.165) is 11.8 Å². The predicted octanol–water partition coefficient (Wildman–Crippen LogP) is 5.39. The van der Waals surface area contributed by atoms with Gasteiger partial charge in [-0.25, -0.2) is 0 Å². The maximum Gasteiger partial charge on any atom is -0.0162 e. The van der Waals surface area contributed by atoms with Crippen LogP contribution in [0.2, 0.25) is 0 Å². The van der Waals surface area contributed by atoms with E-state index in [1.165, 1.54) is 57.8 Å². The lowest BCUT2D eigenvalue weighted by Gasteiger charge is -2.23. The molecule has 0 radical (unpaired) electrons. The molecule has 0 bridgehead atoms. The smallest absolute Gasteiger partial charge is 0.0162 e. The third-order valence-corrected chi connectivity index (χ3v) is 4.81. The average molecular weight is 228 g/mol. The van der Waals surface area contributed by atoms with E-state index in [1.54, 1.807) is 11.1 Å². The normalized spacial score (nSPS) is 23.1. The Labute approximate surface area is 105 Å². The molecule has 0 heteroatoms. The molecule has 0 aromatic heterocycles. The fraction of sp³-hybridized carbons (Fsp3) is 0.647. The summed E-state index contributed by atoms with van der Waals surface area (Å²) in [5.74, 6) is 1.74. The van der Waals surface area contributed by atoms with E-state index in [1.807, 2.05) is 0 Å². The molecule has 0 amide bonds. The third-order valence-electron chi connectivity index (χ3n) is 4.81. The third kappa shape index (κ3) is 2.56. The van der Waals surface area contributed by atoms with Crippen molar-refractivity contribution in [2.75, 3.05) is 0 Å². The molecular formula is C17H24. The second kappa shape index (κ2) is 5.25. The van der Waals surface area contributed by atoms with Crippen molar-refractivity contribution < 1.29 is 0 Å². The van der Waals surface area contributed by atoms with Crippen LogP contribution < -0.4 is 0 Å². The van der Waals surface area contributed by atoms with Crippen LogP contribution in [0.15, 0.2) is 24.3 Å². The van der Waals surface area contributed by atoms with Crippen molar-refractivity contribution in [3.05, 3.63) is 35.4 Å². The van der Waals surface area contributed by atoms with Crippen LogP contribution in [-0.2, 0) is 0 Å². The Morgan fingerprint density at radius 2 is 1.12 bits per heavy atom. The van der Waals surface area contributed by atoms with Crippen LogP contribution in [0.5, 0.6) is 0 Å². The maximum atomic E-state index is 2.53. The first-order valence-corrected chi connectivity index (χ1v) is 7.53. The highest BCUT2D eigenvalue weighted by molar-refractivity contribution is 5.29. The lowest BCUT2D eigenvalue weighted by Crippen LogP contribution is -2.05. The second-order valence-electron chi connectivity index (χ2n) is 5.99. The van der Waals surface area contributed by atoms with Crippen LogP contribution in [0.1, 0.15) is 80.8 Å². The number of hydrogen-bond donors (Lipinski definition) is 0. The van der Waals surface area contributed by atoms with E-state index >= 15 is 0 Å².